The van der Waals surface area contributed by atoms with Gasteiger partial charge in [0.2, 0.25) is 0 Å². The van der Waals surface area contributed by atoms with Gasteiger partial charge < -0.3 is 11.1 Å². The molecule has 1 aromatic heterocycles. The van der Waals surface area contributed by atoms with Crippen molar-refractivity contribution in [2.45, 2.75) is 44.7 Å². The Labute approximate surface area is 113 Å². The summed E-state index contributed by atoms with van der Waals surface area (Å²) >= 11 is 0. The summed E-state index contributed by atoms with van der Waals surface area (Å²) in [6.07, 6.45) is 6.07. The standard InChI is InChI=1S/C15H20N4/c1-10-2-7-14-13(8-10)15(18-9-17-14)19-12-5-3-11(16)4-6-12/h2,7-9,11-12H,3-6,16H2,1H3,(H,17,18,19)/t11-,12-. The van der Waals surface area contributed by atoms with Crippen LogP contribution in [0, 0.1) is 6.92 Å². The zero-order chi connectivity index (χ0) is 13.2. The number of hydrogen-bond acceptors (Lipinski definition) is 4. The lowest BCUT2D eigenvalue weighted by molar-refractivity contribution is 0.410. The van der Waals surface area contributed by atoms with E-state index in [9.17, 15) is 0 Å². The lowest BCUT2D eigenvalue weighted by atomic mass is 9.92. The Morgan fingerprint density at radius 2 is 1.95 bits per heavy atom. The van der Waals surface area contributed by atoms with Crippen molar-refractivity contribution in [1.29, 1.82) is 0 Å². The van der Waals surface area contributed by atoms with Gasteiger partial charge in [-0.15, -0.1) is 0 Å². The summed E-state index contributed by atoms with van der Waals surface area (Å²) in [6, 6.07) is 7.14. The molecule has 0 amide bonds. The molecular weight excluding hydrogens is 236 g/mol. The first-order chi connectivity index (χ1) is 9.22. The van der Waals surface area contributed by atoms with Crippen LogP contribution in [-0.2, 0) is 0 Å². The Bertz CT molecular complexity index is 573. The Kier molecular flexibility index (Phi) is 3.34. The molecule has 0 spiro atoms. The number of nitrogens with one attached hydrogen (secondary N) is 1. The largest absolute Gasteiger partial charge is 0.367 e. The van der Waals surface area contributed by atoms with Crippen LogP contribution in [0.1, 0.15) is 31.2 Å². The van der Waals surface area contributed by atoms with Gasteiger partial charge in [0.1, 0.15) is 12.1 Å². The summed E-state index contributed by atoms with van der Waals surface area (Å²) in [5, 5.41) is 4.67. The lowest BCUT2D eigenvalue weighted by Gasteiger charge is -2.27. The van der Waals surface area contributed by atoms with Gasteiger partial charge in [0.15, 0.2) is 0 Å². The third-order valence-electron chi connectivity index (χ3n) is 3.90. The van der Waals surface area contributed by atoms with Crippen molar-refractivity contribution in [1.82, 2.24) is 9.97 Å². The average molecular weight is 256 g/mol. The average Bonchev–Trinajstić information content (AvgIpc) is 2.42. The summed E-state index contributed by atoms with van der Waals surface area (Å²) in [5.74, 6) is 0.953. The molecule has 4 nitrogen and oxygen atoms in total. The van der Waals surface area contributed by atoms with Gasteiger partial charge in [-0.2, -0.15) is 0 Å². The fourth-order valence-electron chi connectivity index (χ4n) is 2.74. The van der Waals surface area contributed by atoms with E-state index >= 15 is 0 Å². The maximum Gasteiger partial charge on any atom is 0.137 e. The molecule has 0 saturated heterocycles. The van der Waals surface area contributed by atoms with Crippen LogP contribution in [0.3, 0.4) is 0 Å². The third kappa shape index (κ3) is 2.68. The molecule has 0 radical (unpaired) electrons. The number of nitrogens with zero attached hydrogens (tertiary/aromatic N) is 2. The fourth-order valence-corrected chi connectivity index (χ4v) is 2.74. The number of aryl methyl sites for hydroxylation is 1. The van der Waals surface area contributed by atoms with Crippen LogP contribution in [0.5, 0.6) is 0 Å². The van der Waals surface area contributed by atoms with Crippen molar-refractivity contribution in [3.05, 3.63) is 30.1 Å². The molecule has 1 fully saturated rings. The smallest absolute Gasteiger partial charge is 0.137 e. The van der Waals surface area contributed by atoms with Crippen molar-refractivity contribution in [2.24, 2.45) is 5.73 Å². The molecule has 3 N–H and O–H groups in total. The monoisotopic (exact) mass is 256 g/mol. The van der Waals surface area contributed by atoms with E-state index < -0.39 is 0 Å². The minimum Gasteiger partial charge on any atom is -0.367 e. The van der Waals surface area contributed by atoms with E-state index in [4.69, 9.17) is 5.73 Å². The van der Waals surface area contributed by atoms with Gasteiger partial charge >= 0.3 is 0 Å². The number of aromatic nitrogens is 2. The molecule has 1 saturated carbocycles. The summed E-state index contributed by atoms with van der Waals surface area (Å²) in [5.41, 5.74) is 8.18. The van der Waals surface area contributed by atoms with Gasteiger partial charge in [0.25, 0.3) is 0 Å². The van der Waals surface area contributed by atoms with Crippen LogP contribution in [0.2, 0.25) is 0 Å². The molecule has 4 heteroatoms. The molecular formula is C15H20N4. The quantitative estimate of drug-likeness (QED) is 0.867. The maximum atomic E-state index is 5.95. The molecule has 1 aliphatic rings. The van der Waals surface area contributed by atoms with Crippen molar-refractivity contribution in [2.75, 3.05) is 5.32 Å². The number of nitrogens with two attached hydrogens (primary N) is 1. The summed E-state index contributed by atoms with van der Waals surface area (Å²) < 4.78 is 0. The third-order valence-corrected chi connectivity index (χ3v) is 3.90. The van der Waals surface area contributed by atoms with Gasteiger partial charge in [-0.1, -0.05) is 11.6 Å². The Hall–Kier alpha value is -1.68. The van der Waals surface area contributed by atoms with Crippen LogP contribution in [0.25, 0.3) is 10.9 Å². The van der Waals surface area contributed by atoms with Gasteiger partial charge in [0.05, 0.1) is 5.52 Å². The minimum absolute atomic E-state index is 0.377. The highest BCUT2D eigenvalue weighted by atomic mass is 15.0. The summed E-state index contributed by atoms with van der Waals surface area (Å²) in [7, 11) is 0. The predicted molar refractivity (Wildman–Crippen MR) is 78.1 cm³/mol. The minimum atomic E-state index is 0.377. The molecule has 19 heavy (non-hydrogen) atoms. The number of fused-ring (bicyclic) bond motifs is 1. The van der Waals surface area contributed by atoms with Crippen molar-refractivity contribution >= 4 is 16.7 Å². The van der Waals surface area contributed by atoms with E-state index in [1.54, 1.807) is 6.33 Å². The first kappa shape index (κ1) is 12.4. The normalized spacial score (nSPS) is 23.5. The first-order valence-electron chi connectivity index (χ1n) is 6.96. The molecule has 2 aromatic rings. The van der Waals surface area contributed by atoms with Crippen LogP contribution in [0.15, 0.2) is 24.5 Å². The molecule has 0 unspecified atom stereocenters. The molecule has 3 rings (SSSR count). The van der Waals surface area contributed by atoms with Crippen molar-refractivity contribution in [3.63, 3.8) is 0 Å². The number of benzene rings is 1. The maximum absolute atomic E-state index is 5.95. The highest BCUT2D eigenvalue weighted by Gasteiger charge is 2.19. The SMILES string of the molecule is Cc1ccc2ncnc(N[C@H]3CC[C@H](N)CC3)c2c1. The highest BCUT2D eigenvalue weighted by Crippen LogP contribution is 2.25. The Morgan fingerprint density at radius 3 is 2.74 bits per heavy atom. The van der Waals surface area contributed by atoms with E-state index in [0.717, 1.165) is 42.4 Å². The molecule has 0 atom stereocenters. The van der Waals surface area contributed by atoms with Crippen molar-refractivity contribution < 1.29 is 0 Å². The molecule has 0 aliphatic heterocycles. The van der Waals surface area contributed by atoms with Crippen LogP contribution < -0.4 is 11.1 Å². The molecule has 1 aliphatic carbocycles. The fraction of sp³-hybridized carbons (Fsp3) is 0.467. The predicted octanol–water partition coefficient (Wildman–Crippen LogP) is 2.62. The molecule has 100 valence electrons. The number of anilines is 1. The Balaban J connectivity index is 1.86. The molecule has 1 aromatic carbocycles. The summed E-state index contributed by atoms with van der Waals surface area (Å²) in [6.45, 7) is 2.09. The van der Waals surface area contributed by atoms with Crippen LogP contribution in [0.4, 0.5) is 5.82 Å². The number of rotatable bonds is 2. The van der Waals surface area contributed by atoms with E-state index in [0.29, 0.717) is 12.1 Å². The molecule has 0 bridgehead atoms. The zero-order valence-electron chi connectivity index (χ0n) is 11.3. The van der Waals surface area contributed by atoms with E-state index in [1.807, 2.05) is 6.07 Å². The summed E-state index contributed by atoms with van der Waals surface area (Å²) in [4.78, 5) is 8.72. The second-order valence-electron chi connectivity index (χ2n) is 5.50. The highest BCUT2D eigenvalue weighted by molar-refractivity contribution is 5.89. The van der Waals surface area contributed by atoms with E-state index in [1.165, 1.54) is 5.56 Å². The van der Waals surface area contributed by atoms with Gasteiger partial charge in [-0.05, 0) is 44.7 Å². The molecule has 1 heterocycles. The Morgan fingerprint density at radius 1 is 1.16 bits per heavy atom. The zero-order valence-corrected chi connectivity index (χ0v) is 11.3. The van der Waals surface area contributed by atoms with Gasteiger partial charge in [-0.25, -0.2) is 9.97 Å². The van der Waals surface area contributed by atoms with Gasteiger partial charge in [-0.3, -0.25) is 0 Å². The second-order valence-corrected chi connectivity index (χ2v) is 5.50. The van der Waals surface area contributed by atoms with Crippen LogP contribution in [-0.4, -0.2) is 22.1 Å². The van der Waals surface area contributed by atoms with E-state index in [2.05, 4.69) is 34.3 Å². The topological polar surface area (TPSA) is 63.8 Å². The van der Waals surface area contributed by atoms with Crippen molar-refractivity contribution in [3.8, 4) is 0 Å². The second kappa shape index (κ2) is 5.13. The van der Waals surface area contributed by atoms with E-state index in [-0.39, 0.29) is 0 Å². The first-order valence-corrected chi connectivity index (χ1v) is 6.96. The van der Waals surface area contributed by atoms with Gasteiger partial charge in [0, 0.05) is 17.5 Å². The lowest BCUT2D eigenvalue weighted by Crippen LogP contribution is -2.33. The van der Waals surface area contributed by atoms with Crippen LogP contribution >= 0.6 is 0 Å². The number of hydrogen-bond donors (Lipinski definition) is 2.